The lowest BCUT2D eigenvalue weighted by Crippen LogP contribution is -1.83. The average molecular weight is 156 g/mol. The summed E-state index contributed by atoms with van der Waals surface area (Å²) in [7, 11) is 0. The number of nitrogens with zero attached hydrogens (tertiary/aromatic N) is 1. The number of hydrogen-bond acceptors (Lipinski definition) is 1. The second-order valence-electron chi connectivity index (χ2n) is 3.03. The normalized spacial score (nSPS) is 10.5. The molecular weight excluding hydrogens is 146 g/mol. The molecule has 2 rings (SSSR count). The van der Waals surface area contributed by atoms with Crippen LogP contribution in [0.2, 0.25) is 0 Å². The van der Waals surface area contributed by atoms with Gasteiger partial charge in [0.25, 0.3) is 0 Å². The topological polar surface area (TPSA) is 12.9 Å². The summed E-state index contributed by atoms with van der Waals surface area (Å²) in [6.45, 7) is 4.04. The molecule has 12 heavy (non-hydrogen) atoms. The zero-order valence-corrected chi connectivity index (χ0v) is 7.26. The Morgan fingerprint density at radius 3 is 2.75 bits per heavy atom. The molecule has 0 N–H and O–H groups in total. The number of pyridine rings is 1. The highest BCUT2D eigenvalue weighted by Gasteiger charge is 1.94. The zero-order chi connectivity index (χ0) is 8.55. The van der Waals surface area contributed by atoms with Crippen molar-refractivity contribution < 1.29 is 0 Å². The fourth-order valence-electron chi connectivity index (χ4n) is 1.27. The fourth-order valence-corrected chi connectivity index (χ4v) is 1.27. The van der Waals surface area contributed by atoms with E-state index in [0.717, 1.165) is 22.2 Å². The molecule has 0 amide bonds. The van der Waals surface area contributed by atoms with Crippen LogP contribution < -0.4 is 0 Å². The van der Waals surface area contributed by atoms with Crippen LogP contribution in [0.15, 0.2) is 24.3 Å². The Balaban J connectivity index is 2.79. The van der Waals surface area contributed by atoms with E-state index < -0.39 is 0 Å². The molecule has 2 aromatic rings. The largest absolute Gasteiger partial charge is 0.253 e. The lowest BCUT2D eigenvalue weighted by atomic mass is 10.1. The van der Waals surface area contributed by atoms with Crippen molar-refractivity contribution in [3.05, 3.63) is 41.6 Å². The molecule has 0 aliphatic carbocycles. The second-order valence-corrected chi connectivity index (χ2v) is 3.03. The smallest absolute Gasteiger partial charge is 0.0711 e. The van der Waals surface area contributed by atoms with E-state index in [1.807, 2.05) is 32.0 Å². The summed E-state index contributed by atoms with van der Waals surface area (Å²) >= 11 is 0. The summed E-state index contributed by atoms with van der Waals surface area (Å²) in [5.74, 6) is 0. The maximum Gasteiger partial charge on any atom is 0.0711 e. The number of hydrogen-bond donors (Lipinski definition) is 0. The molecule has 0 fully saturated rings. The molecule has 0 spiro atoms. The van der Waals surface area contributed by atoms with Gasteiger partial charge in [-0.05, 0) is 37.6 Å². The molecule has 0 aliphatic rings. The third-order valence-corrected chi connectivity index (χ3v) is 1.89. The summed E-state index contributed by atoms with van der Waals surface area (Å²) in [4.78, 5) is 4.39. The van der Waals surface area contributed by atoms with E-state index in [9.17, 15) is 0 Å². The standard InChI is InChI=1S/C11H10N/c1-8-3-6-11-10(7-8)5-4-9(2)12-11/h3-6H,1-2H3. The summed E-state index contributed by atoms with van der Waals surface area (Å²) in [5.41, 5.74) is 3.24. The Hall–Kier alpha value is -1.37. The first-order valence-electron chi connectivity index (χ1n) is 4.02. The molecule has 1 aromatic carbocycles. The predicted molar refractivity (Wildman–Crippen MR) is 50.1 cm³/mol. The molecule has 1 aromatic heterocycles. The van der Waals surface area contributed by atoms with Gasteiger partial charge in [0.2, 0.25) is 0 Å². The highest BCUT2D eigenvalue weighted by Crippen LogP contribution is 2.12. The Labute approximate surface area is 72.1 Å². The second kappa shape index (κ2) is 2.59. The van der Waals surface area contributed by atoms with Crippen molar-refractivity contribution in [1.29, 1.82) is 0 Å². The molecule has 0 bridgehead atoms. The lowest BCUT2D eigenvalue weighted by molar-refractivity contribution is 1.25. The molecule has 0 aliphatic heterocycles. The Kier molecular flexibility index (Phi) is 1.58. The Morgan fingerprint density at radius 2 is 1.92 bits per heavy atom. The Bertz CT molecular complexity index is 377. The monoisotopic (exact) mass is 156 g/mol. The Morgan fingerprint density at radius 1 is 1.08 bits per heavy atom. The van der Waals surface area contributed by atoms with Crippen molar-refractivity contribution in [2.45, 2.75) is 13.8 Å². The number of benzene rings is 1. The molecule has 0 saturated carbocycles. The van der Waals surface area contributed by atoms with E-state index >= 15 is 0 Å². The van der Waals surface area contributed by atoms with Gasteiger partial charge in [-0.2, -0.15) is 0 Å². The van der Waals surface area contributed by atoms with Crippen LogP contribution >= 0.6 is 0 Å². The molecule has 1 radical (unpaired) electrons. The van der Waals surface area contributed by atoms with E-state index in [-0.39, 0.29) is 0 Å². The van der Waals surface area contributed by atoms with Gasteiger partial charge in [0, 0.05) is 11.1 Å². The van der Waals surface area contributed by atoms with Gasteiger partial charge >= 0.3 is 0 Å². The number of aryl methyl sites for hydroxylation is 2. The van der Waals surface area contributed by atoms with Gasteiger partial charge in [-0.1, -0.05) is 12.1 Å². The number of aromatic nitrogens is 1. The van der Waals surface area contributed by atoms with Gasteiger partial charge in [-0.3, -0.25) is 4.98 Å². The fraction of sp³-hybridized carbons (Fsp3) is 0.182. The first kappa shape index (κ1) is 7.29. The van der Waals surface area contributed by atoms with Crippen LogP contribution in [0.4, 0.5) is 0 Å². The van der Waals surface area contributed by atoms with E-state index in [1.165, 1.54) is 0 Å². The van der Waals surface area contributed by atoms with E-state index in [4.69, 9.17) is 0 Å². The summed E-state index contributed by atoms with van der Waals surface area (Å²) in [6.07, 6.45) is 0. The van der Waals surface area contributed by atoms with Gasteiger partial charge < -0.3 is 0 Å². The number of rotatable bonds is 0. The highest BCUT2D eigenvalue weighted by molar-refractivity contribution is 5.78. The molecule has 1 heteroatoms. The van der Waals surface area contributed by atoms with Gasteiger partial charge in [0.05, 0.1) is 5.52 Å². The SMILES string of the molecule is Cc1[c]c2ccc(C)nc2cc1. The van der Waals surface area contributed by atoms with E-state index in [0.29, 0.717) is 0 Å². The molecule has 0 unspecified atom stereocenters. The van der Waals surface area contributed by atoms with Crippen molar-refractivity contribution in [3.8, 4) is 0 Å². The van der Waals surface area contributed by atoms with Gasteiger partial charge in [-0.25, -0.2) is 0 Å². The van der Waals surface area contributed by atoms with Crippen LogP contribution in [0.1, 0.15) is 11.3 Å². The molecular formula is C11H10N. The zero-order valence-electron chi connectivity index (χ0n) is 7.26. The van der Waals surface area contributed by atoms with Gasteiger partial charge in [-0.15, -0.1) is 0 Å². The quantitative estimate of drug-likeness (QED) is 0.571. The van der Waals surface area contributed by atoms with Gasteiger partial charge in [0.1, 0.15) is 0 Å². The van der Waals surface area contributed by atoms with Crippen molar-refractivity contribution in [1.82, 2.24) is 4.98 Å². The molecule has 0 atom stereocenters. The third kappa shape index (κ3) is 1.18. The summed E-state index contributed by atoms with van der Waals surface area (Å²) in [6, 6.07) is 11.4. The van der Waals surface area contributed by atoms with Crippen molar-refractivity contribution in [3.63, 3.8) is 0 Å². The van der Waals surface area contributed by atoms with Crippen LogP contribution in [0.25, 0.3) is 10.9 Å². The van der Waals surface area contributed by atoms with Crippen LogP contribution in [0, 0.1) is 19.9 Å². The minimum absolute atomic E-state index is 1.03. The maximum atomic E-state index is 4.39. The highest BCUT2D eigenvalue weighted by atomic mass is 14.7. The van der Waals surface area contributed by atoms with Crippen molar-refractivity contribution in [2.24, 2.45) is 0 Å². The first-order valence-corrected chi connectivity index (χ1v) is 4.02. The minimum atomic E-state index is 1.03. The van der Waals surface area contributed by atoms with Gasteiger partial charge in [0.15, 0.2) is 0 Å². The molecule has 59 valence electrons. The van der Waals surface area contributed by atoms with E-state index in [2.05, 4.69) is 17.1 Å². The summed E-state index contributed by atoms with van der Waals surface area (Å²) in [5, 5.41) is 1.10. The van der Waals surface area contributed by atoms with Crippen molar-refractivity contribution >= 4 is 10.9 Å². The maximum absolute atomic E-state index is 4.39. The molecule has 1 nitrogen and oxygen atoms in total. The minimum Gasteiger partial charge on any atom is -0.253 e. The van der Waals surface area contributed by atoms with Crippen LogP contribution in [0.5, 0.6) is 0 Å². The van der Waals surface area contributed by atoms with Crippen LogP contribution in [-0.2, 0) is 0 Å². The lowest BCUT2D eigenvalue weighted by Gasteiger charge is -1.98. The average Bonchev–Trinajstić information content (AvgIpc) is 2.05. The molecule has 1 heterocycles. The molecule has 0 saturated heterocycles. The number of fused-ring (bicyclic) bond motifs is 1. The first-order chi connectivity index (χ1) is 5.75. The third-order valence-electron chi connectivity index (χ3n) is 1.89. The predicted octanol–water partition coefficient (Wildman–Crippen LogP) is 2.65. The van der Waals surface area contributed by atoms with Crippen LogP contribution in [-0.4, -0.2) is 4.98 Å². The summed E-state index contributed by atoms with van der Waals surface area (Å²) < 4.78 is 0. The van der Waals surface area contributed by atoms with Crippen LogP contribution in [0.3, 0.4) is 0 Å². The van der Waals surface area contributed by atoms with E-state index in [1.54, 1.807) is 0 Å². The van der Waals surface area contributed by atoms with Crippen molar-refractivity contribution in [2.75, 3.05) is 0 Å².